The van der Waals surface area contributed by atoms with E-state index in [9.17, 15) is 0 Å². The van der Waals surface area contributed by atoms with E-state index < -0.39 is 0 Å². The molecule has 0 radical (unpaired) electrons. The van der Waals surface area contributed by atoms with E-state index in [4.69, 9.17) is 4.42 Å². The predicted octanol–water partition coefficient (Wildman–Crippen LogP) is 2.41. The van der Waals surface area contributed by atoms with Gasteiger partial charge in [0.2, 0.25) is 11.8 Å². The number of piperidine rings is 1. The maximum atomic E-state index is 5.80. The summed E-state index contributed by atoms with van der Waals surface area (Å²) in [4.78, 5) is 6.82. The van der Waals surface area contributed by atoms with E-state index in [1.165, 1.54) is 6.42 Å². The van der Waals surface area contributed by atoms with Crippen LogP contribution >= 0.6 is 0 Å². The molecule has 120 valence electrons. The molecule has 0 aliphatic carbocycles. The van der Waals surface area contributed by atoms with Crippen molar-refractivity contribution in [2.45, 2.75) is 58.5 Å². The van der Waals surface area contributed by atoms with Gasteiger partial charge in [-0.15, -0.1) is 10.2 Å². The quantitative estimate of drug-likeness (QED) is 0.849. The topological polar surface area (TPSA) is 60.0 Å². The molecule has 3 heterocycles. The number of imidazole rings is 1. The molecule has 0 bridgehead atoms. The second kappa shape index (κ2) is 6.60. The third kappa shape index (κ3) is 3.06. The van der Waals surface area contributed by atoms with E-state index in [2.05, 4.69) is 31.6 Å². The van der Waals surface area contributed by atoms with Crippen LogP contribution in [0.2, 0.25) is 0 Å². The van der Waals surface area contributed by atoms with Crippen LogP contribution in [0.1, 0.15) is 50.2 Å². The van der Waals surface area contributed by atoms with Crippen LogP contribution in [0.15, 0.2) is 16.8 Å². The number of hydrogen-bond donors (Lipinski definition) is 0. The molecule has 2 aromatic rings. The minimum Gasteiger partial charge on any atom is -0.425 e. The summed E-state index contributed by atoms with van der Waals surface area (Å²) in [5.41, 5.74) is 0. The van der Waals surface area contributed by atoms with Crippen LogP contribution in [0.25, 0.3) is 0 Å². The van der Waals surface area contributed by atoms with E-state index in [-0.39, 0.29) is 0 Å². The van der Waals surface area contributed by atoms with E-state index in [0.29, 0.717) is 12.0 Å². The highest BCUT2D eigenvalue weighted by atomic mass is 16.4. The summed E-state index contributed by atoms with van der Waals surface area (Å²) in [6.45, 7) is 9.52. The summed E-state index contributed by atoms with van der Waals surface area (Å²) in [5, 5.41) is 8.38. The Morgan fingerprint density at radius 2 is 2.18 bits per heavy atom. The molecule has 0 saturated carbocycles. The van der Waals surface area contributed by atoms with Gasteiger partial charge in [-0.1, -0.05) is 6.92 Å². The number of likely N-dealkylation sites (tertiary alicyclic amines) is 1. The standard InChI is InChI=1S/C16H25N5O/c1-4-15-18-19-16(22-15)14-6-5-8-20(12(14)2)10-11-21-9-7-17-13(21)3/h7,9,12,14H,4-6,8,10-11H2,1-3H3/t12-,14-/m0/s1. The van der Waals surface area contributed by atoms with Crippen molar-refractivity contribution >= 4 is 0 Å². The number of hydrogen-bond acceptors (Lipinski definition) is 5. The minimum absolute atomic E-state index is 0.352. The van der Waals surface area contributed by atoms with Crippen molar-refractivity contribution in [3.63, 3.8) is 0 Å². The fourth-order valence-electron chi connectivity index (χ4n) is 3.29. The van der Waals surface area contributed by atoms with Gasteiger partial charge in [0.15, 0.2) is 0 Å². The van der Waals surface area contributed by atoms with Crippen molar-refractivity contribution in [3.8, 4) is 0 Å². The van der Waals surface area contributed by atoms with Gasteiger partial charge >= 0.3 is 0 Å². The van der Waals surface area contributed by atoms with Crippen LogP contribution in [-0.4, -0.2) is 43.8 Å². The molecule has 0 amide bonds. The normalized spacial score (nSPS) is 23.0. The van der Waals surface area contributed by atoms with Gasteiger partial charge in [0.1, 0.15) is 5.82 Å². The largest absolute Gasteiger partial charge is 0.425 e. The lowest BCUT2D eigenvalue weighted by Crippen LogP contribution is -2.43. The van der Waals surface area contributed by atoms with Gasteiger partial charge in [-0.25, -0.2) is 4.98 Å². The predicted molar refractivity (Wildman–Crippen MR) is 83.7 cm³/mol. The molecule has 22 heavy (non-hydrogen) atoms. The first-order valence-electron chi connectivity index (χ1n) is 8.23. The van der Waals surface area contributed by atoms with Gasteiger partial charge in [-0.2, -0.15) is 0 Å². The maximum absolute atomic E-state index is 5.80. The fourth-order valence-corrected chi connectivity index (χ4v) is 3.29. The molecule has 0 aromatic carbocycles. The Morgan fingerprint density at radius 1 is 1.32 bits per heavy atom. The number of rotatable bonds is 5. The van der Waals surface area contributed by atoms with E-state index in [0.717, 1.165) is 50.1 Å². The van der Waals surface area contributed by atoms with Gasteiger partial charge in [-0.3, -0.25) is 4.90 Å². The molecule has 1 aliphatic rings. The van der Waals surface area contributed by atoms with Gasteiger partial charge in [0.25, 0.3) is 0 Å². The Kier molecular flexibility index (Phi) is 4.57. The molecule has 0 spiro atoms. The Morgan fingerprint density at radius 3 is 2.86 bits per heavy atom. The van der Waals surface area contributed by atoms with Crippen LogP contribution in [0.5, 0.6) is 0 Å². The molecule has 1 aliphatic heterocycles. The molecular formula is C16H25N5O. The van der Waals surface area contributed by atoms with Crippen molar-refractivity contribution in [3.05, 3.63) is 30.0 Å². The third-order valence-corrected chi connectivity index (χ3v) is 4.77. The molecule has 6 heteroatoms. The maximum Gasteiger partial charge on any atom is 0.221 e. The summed E-state index contributed by atoms with van der Waals surface area (Å²) >= 11 is 0. The summed E-state index contributed by atoms with van der Waals surface area (Å²) in [6.07, 6.45) is 7.03. The Labute approximate surface area is 131 Å². The molecule has 0 unspecified atom stereocenters. The van der Waals surface area contributed by atoms with Crippen LogP contribution in [0.3, 0.4) is 0 Å². The molecule has 0 N–H and O–H groups in total. The van der Waals surface area contributed by atoms with Crippen molar-refractivity contribution < 1.29 is 4.42 Å². The van der Waals surface area contributed by atoms with Crippen LogP contribution in [0.4, 0.5) is 0 Å². The first-order chi connectivity index (χ1) is 10.7. The molecule has 6 nitrogen and oxygen atoms in total. The van der Waals surface area contributed by atoms with Gasteiger partial charge in [-0.05, 0) is 33.2 Å². The summed E-state index contributed by atoms with van der Waals surface area (Å²) < 4.78 is 8.00. The average molecular weight is 303 g/mol. The highest BCUT2D eigenvalue weighted by Gasteiger charge is 2.32. The number of nitrogens with zero attached hydrogens (tertiary/aromatic N) is 5. The molecule has 2 aromatic heterocycles. The van der Waals surface area contributed by atoms with E-state index in [1.54, 1.807) is 0 Å². The van der Waals surface area contributed by atoms with Crippen LogP contribution in [-0.2, 0) is 13.0 Å². The minimum atomic E-state index is 0.352. The average Bonchev–Trinajstić information content (AvgIpc) is 3.15. The fraction of sp³-hybridized carbons (Fsp3) is 0.688. The SMILES string of the molecule is CCc1nnc([C@H]2CCCN(CCn3ccnc3C)[C@H]2C)o1. The molecular weight excluding hydrogens is 278 g/mol. The molecule has 1 fully saturated rings. The lowest BCUT2D eigenvalue weighted by Gasteiger charge is -2.38. The van der Waals surface area contributed by atoms with Crippen molar-refractivity contribution in [2.24, 2.45) is 0 Å². The highest BCUT2D eigenvalue weighted by Crippen LogP contribution is 2.31. The summed E-state index contributed by atoms with van der Waals surface area (Å²) in [7, 11) is 0. The second-order valence-electron chi connectivity index (χ2n) is 6.08. The Balaban J connectivity index is 1.64. The van der Waals surface area contributed by atoms with E-state index in [1.807, 2.05) is 26.2 Å². The smallest absolute Gasteiger partial charge is 0.221 e. The van der Waals surface area contributed by atoms with Gasteiger partial charge < -0.3 is 8.98 Å². The summed E-state index contributed by atoms with van der Waals surface area (Å²) in [5.74, 6) is 2.98. The lowest BCUT2D eigenvalue weighted by molar-refractivity contribution is 0.121. The van der Waals surface area contributed by atoms with Crippen molar-refractivity contribution in [1.82, 2.24) is 24.6 Å². The first kappa shape index (κ1) is 15.2. The van der Waals surface area contributed by atoms with Crippen molar-refractivity contribution in [2.75, 3.05) is 13.1 Å². The van der Waals surface area contributed by atoms with Crippen molar-refractivity contribution in [1.29, 1.82) is 0 Å². The van der Waals surface area contributed by atoms with Crippen LogP contribution < -0.4 is 0 Å². The molecule has 3 rings (SSSR count). The first-order valence-corrected chi connectivity index (χ1v) is 8.23. The highest BCUT2D eigenvalue weighted by molar-refractivity contribution is 5.00. The number of aryl methyl sites for hydroxylation is 2. The number of aromatic nitrogens is 4. The zero-order valence-corrected chi connectivity index (χ0v) is 13.7. The van der Waals surface area contributed by atoms with Crippen LogP contribution in [0, 0.1) is 6.92 Å². The van der Waals surface area contributed by atoms with Gasteiger partial charge in [0, 0.05) is 37.9 Å². The Bertz CT molecular complexity index is 605. The third-order valence-electron chi connectivity index (χ3n) is 4.77. The zero-order chi connectivity index (χ0) is 15.5. The lowest BCUT2D eigenvalue weighted by atomic mass is 9.90. The monoisotopic (exact) mass is 303 g/mol. The Hall–Kier alpha value is -1.69. The zero-order valence-electron chi connectivity index (χ0n) is 13.7. The second-order valence-corrected chi connectivity index (χ2v) is 6.08. The van der Waals surface area contributed by atoms with Gasteiger partial charge in [0.05, 0.1) is 5.92 Å². The summed E-state index contributed by atoms with van der Waals surface area (Å²) in [6, 6.07) is 0.433. The molecule has 1 saturated heterocycles. The van der Waals surface area contributed by atoms with E-state index >= 15 is 0 Å². The molecule has 2 atom stereocenters.